The molecule has 1 unspecified atom stereocenters. The van der Waals surface area contributed by atoms with E-state index in [1.165, 1.54) is 0 Å². The second kappa shape index (κ2) is 6.27. The number of halogens is 2. The number of hydrogen-bond donors (Lipinski definition) is 1. The molecule has 0 saturated heterocycles. The molecule has 0 aromatic heterocycles. The van der Waals surface area contributed by atoms with Crippen LogP contribution in [0.4, 0.5) is 8.78 Å². The molecule has 8 heteroatoms. The maximum atomic E-state index is 13.5. The Balaban J connectivity index is 3.16. The highest BCUT2D eigenvalue weighted by Crippen LogP contribution is 2.20. The van der Waals surface area contributed by atoms with E-state index in [-0.39, 0.29) is 0 Å². The van der Waals surface area contributed by atoms with Gasteiger partial charge in [-0.15, -0.1) is 0 Å². The summed E-state index contributed by atoms with van der Waals surface area (Å²) in [6.45, 7) is 3.49. The zero-order valence-corrected chi connectivity index (χ0v) is 11.8. The van der Waals surface area contributed by atoms with Crippen molar-refractivity contribution in [2.24, 2.45) is 5.14 Å². The maximum absolute atomic E-state index is 13.5. The second-order valence-electron chi connectivity index (χ2n) is 4.31. The van der Waals surface area contributed by atoms with Crippen LogP contribution >= 0.6 is 0 Å². The molecule has 0 amide bonds. The van der Waals surface area contributed by atoms with Crippen LogP contribution in [-0.4, -0.2) is 20.5 Å². The van der Waals surface area contributed by atoms with Gasteiger partial charge in [0.15, 0.2) is 0 Å². The lowest BCUT2D eigenvalue weighted by Gasteiger charge is -2.13. The number of benzene rings is 1. The highest BCUT2D eigenvalue weighted by Gasteiger charge is 2.23. The first-order valence-electron chi connectivity index (χ1n) is 5.89. The number of carbonyl (C=O) groups excluding carboxylic acids is 1. The summed E-state index contributed by atoms with van der Waals surface area (Å²) in [4.78, 5) is 10.8. The number of esters is 1. The third kappa shape index (κ3) is 3.97. The zero-order chi connectivity index (χ0) is 15.5. The van der Waals surface area contributed by atoms with Gasteiger partial charge >= 0.3 is 5.97 Å². The van der Waals surface area contributed by atoms with Crippen molar-refractivity contribution in [3.8, 4) is 0 Å². The van der Waals surface area contributed by atoms with Gasteiger partial charge in [0.1, 0.15) is 16.5 Å². The third-order valence-corrected chi connectivity index (χ3v) is 3.48. The lowest BCUT2D eigenvalue weighted by atomic mass is 10.2. The molecule has 2 N–H and O–H groups in total. The first-order valence-corrected chi connectivity index (χ1v) is 7.44. The van der Waals surface area contributed by atoms with Crippen LogP contribution < -0.4 is 5.14 Å². The average molecular weight is 307 g/mol. The summed E-state index contributed by atoms with van der Waals surface area (Å²) in [6, 6.07) is 0.835. The number of nitrogens with two attached hydrogens (primary N) is 1. The van der Waals surface area contributed by atoms with Gasteiger partial charge in [0, 0.05) is 6.07 Å². The number of hydrogen-bond acceptors (Lipinski definition) is 4. The van der Waals surface area contributed by atoms with Crippen LogP contribution in [-0.2, 0) is 14.8 Å². The van der Waals surface area contributed by atoms with Crippen LogP contribution in [0.1, 0.15) is 37.0 Å². The molecule has 0 spiro atoms. The summed E-state index contributed by atoms with van der Waals surface area (Å²) in [5, 5.41) is 4.78. The van der Waals surface area contributed by atoms with Gasteiger partial charge in [-0.1, -0.05) is 13.3 Å². The zero-order valence-electron chi connectivity index (χ0n) is 11.0. The van der Waals surface area contributed by atoms with Crippen molar-refractivity contribution in [2.75, 3.05) is 0 Å². The predicted molar refractivity (Wildman–Crippen MR) is 67.5 cm³/mol. The van der Waals surface area contributed by atoms with Gasteiger partial charge in [-0.2, -0.15) is 0 Å². The molecule has 112 valence electrons. The SMILES string of the molecule is CCCC(C)OC(=O)c1cc(S(N)(=O)=O)c(F)cc1F. The Morgan fingerprint density at radius 3 is 2.45 bits per heavy atom. The number of carbonyl (C=O) groups is 1. The fourth-order valence-corrected chi connectivity index (χ4v) is 2.23. The van der Waals surface area contributed by atoms with E-state index in [4.69, 9.17) is 9.88 Å². The summed E-state index contributed by atoms with van der Waals surface area (Å²) in [7, 11) is -4.39. The van der Waals surface area contributed by atoms with E-state index >= 15 is 0 Å². The minimum atomic E-state index is -4.39. The fourth-order valence-electron chi connectivity index (χ4n) is 1.62. The highest BCUT2D eigenvalue weighted by atomic mass is 32.2. The Labute approximate surface area is 115 Å². The first kappa shape index (κ1) is 16.5. The van der Waals surface area contributed by atoms with Crippen LogP contribution in [0.5, 0.6) is 0 Å². The van der Waals surface area contributed by atoms with Crippen LogP contribution in [0, 0.1) is 11.6 Å². The van der Waals surface area contributed by atoms with Gasteiger partial charge in [-0.25, -0.2) is 27.1 Å². The Morgan fingerprint density at radius 2 is 1.95 bits per heavy atom. The van der Waals surface area contributed by atoms with E-state index < -0.39 is 44.2 Å². The Hall–Kier alpha value is -1.54. The molecule has 1 rings (SSSR count). The quantitative estimate of drug-likeness (QED) is 0.842. The molecule has 0 bridgehead atoms. The van der Waals surface area contributed by atoms with Crippen molar-refractivity contribution < 1.29 is 26.7 Å². The van der Waals surface area contributed by atoms with E-state index in [2.05, 4.69) is 0 Å². The van der Waals surface area contributed by atoms with Crippen LogP contribution in [0.3, 0.4) is 0 Å². The molecule has 0 fully saturated rings. The topological polar surface area (TPSA) is 86.5 Å². The van der Waals surface area contributed by atoms with Gasteiger partial charge < -0.3 is 4.74 Å². The molecule has 5 nitrogen and oxygen atoms in total. The average Bonchev–Trinajstić information content (AvgIpc) is 2.26. The molecule has 0 saturated carbocycles. The molecule has 20 heavy (non-hydrogen) atoms. The summed E-state index contributed by atoms with van der Waals surface area (Å²) >= 11 is 0. The largest absolute Gasteiger partial charge is 0.459 e. The van der Waals surface area contributed by atoms with Crippen molar-refractivity contribution in [3.63, 3.8) is 0 Å². The van der Waals surface area contributed by atoms with Gasteiger partial charge in [-0.05, 0) is 19.4 Å². The summed E-state index contributed by atoms with van der Waals surface area (Å²) in [5.74, 6) is -3.62. The smallest absolute Gasteiger partial charge is 0.341 e. The molecular formula is C12H15F2NO4S. The van der Waals surface area contributed by atoms with E-state index in [9.17, 15) is 22.0 Å². The van der Waals surface area contributed by atoms with Gasteiger partial charge in [0.25, 0.3) is 0 Å². The second-order valence-corrected chi connectivity index (χ2v) is 5.84. The van der Waals surface area contributed by atoms with Crippen LogP contribution in [0.25, 0.3) is 0 Å². The molecule has 0 aliphatic heterocycles. The summed E-state index contributed by atoms with van der Waals surface area (Å²) in [5.41, 5.74) is -0.668. The molecule has 0 aliphatic carbocycles. The standard InChI is InChI=1S/C12H15F2NO4S/c1-3-4-7(2)19-12(16)8-5-11(20(15,17)18)10(14)6-9(8)13/h5-7H,3-4H2,1-2H3,(H2,15,17,18). The lowest BCUT2D eigenvalue weighted by Crippen LogP contribution is -2.19. The molecule has 0 heterocycles. The van der Waals surface area contributed by atoms with Crippen molar-refractivity contribution >= 4 is 16.0 Å². The monoisotopic (exact) mass is 307 g/mol. The van der Waals surface area contributed by atoms with Crippen LogP contribution in [0.2, 0.25) is 0 Å². The van der Waals surface area contributed by atoms with E-state index in [0.29, 0.717) is 18.6 Å². The Bertz CT molecular complexity index is 616. The van der Waals surface area contributed by atoms with E-state index in [0.717, 1.165) is 6.42 Å². The highest BCUT2D eigenvalue weighted by molar-refractivity contribution is 7.89. The molecule has 1 aromatic carbocycles. The minimum Gasteiger partial charge on any atom is -0.459 e. The van der Waals surface area contributed by atoms with Crippen molar-refractivity contribution in [3.05, 3.63) is 29.3 Å². The molecule has 0 aliphatic rings. The number of ether oxygens (including phenoxy) is 1. The lowest BCUT2D eigenvalue weighted by molar-refractivity contribution is 0.0317. The number of rotatable bonds is 5. The Morgan fingerprint density at radius 1 is 1.35 bits per heavy atom. The van der Waals surface area contributed by atoms with Crippen molar-refractivity contribution in [2.45, 2.75) is 37.7 Å². The number of sulfonamides is 1. The minimum absolute atomic E-state index is 0.292. The predicted octanol–water partition coefficient (Wildman–Crippen LogP) is 1.96. The van der Waals surface area contributed by atoms with Gasteiger partial charge in [-0.3, -0.25) is 0 Å². The molecule has 0 radical (unpaired) electrons. The fraction of sp³-hybridized carbons (Fsp3) is 0.417. The first-order chi connectivity index (χ1) is 9.16. The van der Waals surface area contributed by atoms with Crippen LogP contribution in [0.15, 0.2) is 17.0 Å². The summed E-state index contributed by atoms with van der Waals surface area (Å²) in [6.07, 6.45) is 0.856. The molecular weight excluding hydrogens is 292 g/mol. The van der Waals surface area contributed by atoms with E-state index in [1.54, 1.807) is 6.92 Å². The number of primary sulfonamides is 1. The normalized spacial score (nSPS) is 13.1. The Kier molecular flexibility index (Phi) is 5.18. The van der Waals surface area contributed by atoms with Gasteiger partial charge in [0.05, 0.1) is 11.7 Å². The third-order valence-electron chi connectivity index (χ3n) is 2.55. The summed E-state index contributed by atoms with van der Waals surface area (Å²) < 4.78 is 54.0. The van der Waals surface area contributed by atoms with Crippen molar-refractivity contribution in [1.29, 1.82) is 0 Å². The maximum Gasteiger partial charge on any atom is 0.341 e. The van der Waals surface area contributed by atoms with Gasteiger partial charge in [0.2, 0.25) is 10.0 Å². The molecule has 1 atom stereocenters. The van der Waals surface area contributed by atoms with E-state index in [1.807, 2.05) is 6.92 Å². The molecule has 1 aromatic rings. The van der Waals surface area contributed by atoms with Crippen molar-refractivity contribution in [1.82, 2.24) is 0 Å².